The van der Waals surface area contributed by atoms with Crippen LogP contribution in [-0.2, 0) is 6.54 Å². The molecule has 0 spiro atoms. The average Bonchev–Trinajstić information content (AvgIpc) is 2.70. The Labute approximate surface area is 96.8 Å². The molecule has 0 atom stereocenters. The van der Waals surface area contributed by atoms with Gasteiger partial charge in [0.1, 0.15) is 0 Å². The van der Waals surface area contributed by atoms with Crippen molar-refractivity contribution >= 4 is 16.5 Å². The lowest BCUT2D eigenvalue weighted by molar-refractivity contribution is 0.644. The SMILES string of the molecule is CCNc1ncc(Cn2ncccc2=O)s1. The van der Waals surface area contributed by atoms with E-state index in [0.29, 0.717) is 6.54 Å². The van der Waals surface area contributed by atoms with Crippen molar-refractivity contribution in [2.24, 2.45) is 0 Å². The Bertz CT molecular complexity index is 519. The van der Waals surface area contributed by atoms with Crippen molar-refractivity contribution in [3.05, 3.63) is 39.8 Å². The Morgan fingerprint density at radius 2 is 2.44 bits per heavy atom. The van der Waals surface area contributed by atoms with Crippen molar-refractivity contribution in [3.8, 4) is 0 Å². The maximum absolute atomic E-state index is 11.4. The van der Waals surface area contributed by atoms with Gasteiger partial charge in [0.05, 0.1) is 6.54 Å². The maximum atomic E-state index is 11.4. The number of thiazole rings is 1. The summed E-state index contributed by atoms with van der Waals surface area (Å²) in [7, 11) is 0. The Kier molecular flexibility index (Phi) is 3.31. The summed E-state index contributed by atoms with van der Waals surface area (Å²) >= 11 is 1.54. The van der Waals surface area contributed by atoms with Gasteiger partial charge in [0, 0.05) is 29.9 Å². The van der Waals surface area contributed by atoms with Crippen LogP contribution >= 0.6 is 11.3 Å². The molecule has 0 radical (unpaired) electrons. The number of anilines is 1. The van der Waals surface area contributed by atoms with Crippen LogP contribution in [0.15, 0.2) is 29.3 Å². The molecule has 6 heteroatoms. The molecule has 0 aliphatic carbocycles. The van der Waals surface area contributed by atoms with Gasteiger partial charge in [0.2, 0.25) is 0 Å². The Balaban J connectivity index is 2.15. The van der Waals surface area contributed by atoms with Crippen molar-refractivity contribution in [1.29, 1.82) is 0 Å². The van der Waals surface area contributed by atoms with E-state index in [4.69, 9.17) is 0 Å². The van der Waals surface area contributed by atoms with Crippen molar-refractivity contribution in [2.45, 2.75) is 13.5 Å². The molecule has 1 N–H and O–H groups in total. The summed E-state index contributed by atoms with van der Waals surface area (Å²) in [5.41, 5.74) is -0.0964. The fourth-order valence-corrected chi connectivity index (χ4v) is 2.13. The molecule has 5 nitrogen and oxygen atoms in total. The van der Waals surface area contributed by atoms with Crippen molar-refractivity contribution < 1.29 is 0 Å². The molecule has 84 valence electrons. The van der Waals surface area contributed by atoms with E-state index in [9.17, 15) is 4.79 Å². The van der Waals surface area contributed by atoms with E-state index in [1.807, 2.05) is 6.92 Å². The lowest BCUT2D eigenvalue weighted by Gasteiger charge is -1.99. The van der Waals surface area contributed by atoms with Crippen LogP contribution in [0.3, 0.4) is 0 Å². The van der Waals surface area contributed by atoms with E-state index in [2.05, 4.69) is 15.4 Å². The highest BCUT2D eigenvalue weighted by atomic mass is 32.1. The molecule has 0 amide bonds. The first-order valence-electron chi connectivity index (χ1n) is 5.00. The third kappa shape index (κ3) is 2.46. The van der Waals surface area contributed by atoms with E-state index in [0.717, 1.165) is 16.6 Å². The summed E-state index contributed by atoms with van der Waals surface area (Å²) in [5, 5.41) is 8.00. The molecule has 2 aromatic heterocycles. The summed E-state index contributed by atoms with van der Waals surface area (Å²) in [6, 6.07) is 3.13. The molecule has 0 saturated carbocycles. The smallest absolute Gasteiger partial charge is 0.267 e. The van der Waals surface area contributed by atoms with Gasteiger partial charge in [-0.05, 0) is 13.0 Å². The third-order valence-electron chi connectivity index (χ3n) is 1.97. The second-order valence-electron chi connectivity index (χ2n) is 3.18. The number of nitrogens with zero attached hydrogens (tertiary/aromatic N) is 3. The van der Waals surface area contributed by atoms with Gasteiger partial charge < -0.3 is 5.32 Å². The molecule has 16 heavy (non-hydrogen) atoms. The van der Waals surface area contributed by atoms with Gasteiger partial charge in [-0.3, -0.25) is 4.79 Å². The van der Waals surface area contributed by atoms with Crippen LogP contribution in [0.25, 0.3) is 0 Å². The van der Waals surface area contributed by atoms with Crippen LogP contribution in [-0.4, -0.2) is 21.3 Å². The first-order chi connectivity index (χ1) is 7.79. The normalized spacial score (nSPS) is 10.3. The number of rotatable bonds is 4. The average molecular weight is 236 g/mol. The molecule has 2 rings (SSSR count). The van der Waals surface area contributed by atoms with Crippen molar-refractivity contribution in [3.63, 3.8) is 0 Å². The van der Waals surface area contributed by atoms with Crippen molar-refractivity contribution in [2.75, 3.05) is 11.9 Å². The topological polar surface area (TPSA) is 59.8 Å². The van der Waals surface area contributed by atoms with E-state index in [1.54, 1.807) is 18.5 Å². The zero-order valence-corrected chi connectivity index (χ0v) is 9.70. The zero-order chi connectivity index (χ0) is 11.4. The fraction of sp³-hybridized carbons (Fsp3) is 0.300. The minimum Gasteiger partial charge on any atom is -0.362 e. The van der Waals surface area contributed by atoms with E-state index >= 15 is 0 Å². The molecule has 2 heterocycles. The second kappa shape index (κ2) is 4.89. The quantitative estimate of drug-likeness (QED) is 0.866. The van der Waals surface area contributed by atoms with Gasteiger partial charge in [-0.25, -0.2) is 9.67 Å². The molecule has 0 aliphatic rings. The first kappa shape index (κ1) is 10.8. The van der Waals surface area contributed by atoms with Crippen LogP contribution in [0.5, 0.6) is 0 Å². The van der Waals surface area contributed by atoms with Gasteiger partial charge in [0.15, 0.2) is 5.13 Å². The molecule has 0 bridgehead atoms. The van der Waals surface area contributed by atoms with Gasteiger partial charge in [0.25, 0.3) is 5.56 Å². The molecule has 0 unspecified atom stereocenters. The highest BCUT2D eigenvalue weighted by molar-refractivity contribution is 7.15. The molecule has 0 fully saturated rings. The summed E-state index contributed by atoms with van der Waals surface area (Å²) in [5.74, 6) is 0. The van der Waals surface area contributed by atoms with E-state index in [-0.39, 0.29) is 5.56 Å². The molecular formula is C10H12N4OS. The van der Waals surface area contributed by atoms with Crippen molar-refractivity contribution in [1.82, 2.24) is 14.8 Å². The van der Waals surface area contributed by atoms with Crippen LogP contribution < -0.4 is 10.9 Å². The largest absolute Gasteiger partial charge is 0.362 e. The molecule has 2 aromatic rings. The molecular weight excluding hydrogens is 224 g/mol. The minimum atomic E-state index is -0.0964. The predicted molar refractivity (Wildman–Crippen MR) is 63.9 cm³/mol. The number of hydrogen-bond donors (Lipinski definition) is 1. The van der Waals surface area contributed by atoms with Crippen LogP contribution in [0, 0.1) is 0 Å². The fourth-order valence-electron chi connectivity index (χ4n) is 1.27. The predicted octanol–water partition coefficient (Wildman–Crippen LogP) is 1.18. The second-order valence-corrected chi connectivity index (χ2v) is 4.30. The van der Waals surface area contributed by atoms with Gasteiger partial charge >= 0.3 is 0 Å². The lowest BCUT2D eigenvalue weighted by Crippen LogP contribution is -2.21. The molecule has 0 saturated heterocycles. The highest BCUT2D eigenvalue weighted by Crippen LogP contribution is 2.17. The molecule has 0 aromatic carbocycles. The number of nitrogens with one attached hydrogen (secondary N) is 1. The maximum Gasteiger partial charge on any atom is 0.267 e. The Morgan fingerprint density at radius 1 is 1.56 bits per heavy atom. The summed E-state index contributed by atoms with van der Waals surface area (Å²) in [4.78, 5) is 16.6. The van der Waals surface area contributed by atoms with Crippen LogP contribution in [0.1, 0.15) is 11.8 Å². The summed E-state index contributed by atoms with van der Waals surface area (Å²) in [6.07, 6.45) is 3.37. The van der Waals surface area contributed by atoms with Crippen LogP contribution in [0.4, 0.5) is 5.13 Å². The minimum absolute atomic E-state index is 0.0964. The molecule has 0 aliphatic heterocycles. The number of hydrogen-bond acceptors (Lipinski definition) is 5. The Morgan fingerprint density at radius 3 is 3.19 bits per heavy atom. The summed E-state index contributed by atoms with van der Waals surface area (Å²) in [6.45, 7) is 3.34. The lowest BCUT2D eigenvalue weighted by atomic mass is 10.5. The first-order valence-corrected chi connectivity index (χ1v) is 5.82. The van der Waals surface area contributed by atoms with E-state index < -0.39 is 0 Å². The van der Waals surface area contributed by atoms with E-state index in [1.165, 1.54) is 22.1 Å². The van der Waals surface area contributed by atoms with Crippen LogP contribution in [0.2, 0.25) is 0 Å². The zero-order valence-electron chi connectivity index (χ0n) is 8.88. The number of aromatic nitrogens is 3. The van der Waals surface area contributed by atoms with Gasteiger partial charge in [-0.1, -0.05) is 0 Å². The monoisotopic (exact) mass is 236 g/mol. The Hall–Kier alpha value is -1.69. The van der Waals surface area contributed by atoms with Gasteiger partial charge in [-0.15, -0.1) is 11.3 Å². The van der Waals surface area contributed by atoms with Gasteiger partial charge in [-0.2, -0.15) is 5.10 Å². The summed E-state index contributed by atoms with van der Waals surface area (Å²) < 4.78 is 1.42. The third-order valence-corrected chi connectivity index (χ3v) is 2.91. The standard InChI is InChI=1S/C10H12N4OS/c1-2-11-10-12-6-8(16-10)7-14-9(15)4-3-5-13-14/h3-6H,2,7H2,1H3,(H,11,12). The highest BCUT2D eigenvalue weighted by Gasteiger charge is 2.03.